The molecule has 0 saturated heterocycles. The first kappa shape index (κ1) is 20.8. The van der Waals surface area contributed by atoms with E-state index in [0.29, 0.717) is 0 Å². The normalized spacial score (nSPS) is 13.0. The summed E-state index contributed by atoms with van der Waals surface area (Å²) in [5, 5.41) is 3.73. The first-order valence-electron chi connectivity index (χ1n) is 8.54. The van der Waals surface area contributed by atoms with Crippen LogP contribution in [0.2, 0.25) is 0 Å². The summed E-state index contributed by atoms with van der Waals surface area (Å²) in [5.41, 5.74) is 1.46. The average Bonchev–Trinajstić information content (AvgIpc) is 2.64. The van der Waals surface area contributed by atoms with Crippen LogP contribution in [0.15, 0.2) is 60.0 Å². The number of hydrogen-bond donors (Lipinski definition) is 2. The molecule has 1 atom stereocenters. The van der Waals surface area contributed by atoms with Crippen LogP contribution in [0.4, 0.5) is 4.39 Å². The lowest BCUT2D eigenvalue weighted by molar-refractivity contribution is -0.123. The van der Waals surface area contributed by atoms with Crippen molar-refractivity contribution in [2.24, 2.45) is 5.92 Å². The van der Waals surface area contributed by atoms with Gasteiger partial charge in [-0.1, -0.05) is 56.3 Å². The van der Waals surface area contributed by atoms with Gasteiger partial charge in [0.15, 0.2) is 0 Å². The molecule has 27 heavy (non-hydrogen) atoms. The molecule has 144 valence electrons. The molecule has 0 bridgehead atoms. The second kappa shape index (κ2) is 9.43. The third-order valence-corrected chi connectivity index (χ3v) is 4.94. The fourth-order valence-corrected chi connectivity index (χ4v) is 3.49. The van der Waals surface area contributed by atoms with Gasteiger partial charge in [0.2, 0.25) is 15.9 Å². The highest BCUT2D eigenvalue weighted by atomic mass is 32.2. The minimum absolute atomic E-state index is 0.184. The lowest BCUT2D eigenvalue weighted by Crippen LogP contribution is -2.48. The molecule has 1 amide bonds. The average molecular weight is 390 g/mol. The van der Waals surface area contributed by atoms with Gasteiger partial charge in [-0.15, -0.1) is 0 Å². The van der Waals surface area contributed by atoms with Crippen LogP contribution in [0, 0.1) is 11.7 Å². The first-order valence-corrected chi connectivity index (χ1v) is 10.1. The molecule has 7 heteroatoms. The van der Waals surface area contributed by atoms with Gasteiger partial charge in [0.05, 0.1) is 0 Å². The number of nitrogens with one attached hydrogen (secondary N) is 2. The summed E-state index contributed by atoms with van der Waals surface area (Å²) >= 11 is 0. The minimum Gasteiger partial charge on any atom is -0.351 e. The number of halogens is 1. The van der Waals surface area contributed by atoms with Gasteiger partial charge in [-0.05, 0) is 35.3 Å². The largest absolute Gasteiger partial charge is 0.351 e. The van der Waals surface area contributed by atoms with E-state index in [2.05, 4.69) is 10.0 Å². The molecular formula is C20H23FN2O3S. The molecule has 0 fully saturated rings. The Morgan fingerprint density at radius 3 is 2.30 bits per heavy atom. The Labute approximate surface area is 159 Å². The van der Waals surface area contributed by atoms with Crippen LogP contribution in [-0.4, -0.2) is 20.4 Å². The zero-order valence-corrected chi connectivity index (χ0v) is 16.0. The van der Waals surface area contributed by atoms with Crippen molar-refractivity contribution >= 4 is 22.0 Å². The lowest BCUT2D eigenvalue weighted by Gasteiger charge is -2.20. The van der Waals surface area contributed by atoms with Gasteiger partial charge in [0.1, 0.15) is 11.9 Å². The maximum absolute atomic E-state index is 12.9. The summed E-state index contributed by atoms with van der Waals surface area (Å²) < 4.78 is 40.0. The number of carbonyl (C=O) groups excluding carboxylic acids is 1. The molecule has 0 aliphatic rings. The van der Waals surface area contributed by atoms with Crippen LogP contribution in [-0.2, 0) is 21.4 Å². The van der Waals surface area contributed by atoms with E-state index in [-0.39, 0.29) is 18.3 Å². The quantitative estimate of drug-likeness (QED) is 0.727. The minimum atomic E-state index is -3.80. The SMILES string of the molecule is CC(C)C(NS(=O)(=O)/C=C/c1ccccc1)C(=O)NCc1ccc(F)cc1. The Kier molecular flexibility index (Phi) is 7.27. The van der Waals surface area contributed by atoms with E-state index in [1.54, 1.807) is 50.2 Å². The second-order valence-corrected chi connectivity index (χ2v) is 8.04. The monoisotopic (exact) mass is 390 g/mol. The molecule has 0 aliphatic heterocycles. The third kappa shape index (κ3) is 6.96. The van der Waals surface area contributed by atoms with E-state index in [1.807, 2.05) is 6.07 Å². The predicted molar refractivity (Wildman–Crippen MR) is 104 cm³/mol. The van der Waals surface area contributed by atoms with Crippen molar-refractivity contribution in [3.8, 4) is 0 Å². The van der Waals surface area contributed by atoms with E-state index in [1.165, 1.54) is 18.2 Å². The number of amides is 1. The van der Waals surface area contributed by atoms with Gasteiger partial charge < -0.3 is 5.32 Å². The van der Waals surface area contributed by atoms with Crippen molar-refractivity contribution in [1.82, 2.24) is 10.0 Å². The standard InChI is InChI=1S/C20H23FN2O3S/c1-15(2)19(20(24)22-14-17-8-10-18(21)11-9-17)23-27(25,26)13-12-16-6-4-3-5-7-16/h3-13,15,19,23H,14H2,1-2H3,(H,22,24)/b13-12+. The van der Waals surface area contributed by atoms with Crippen LogP contribution in [0.25, 0.3) is 6.08 Å². The Bertz CT molecular complexity index is 879. The van der Waals surface area contributed by atoms with Crippen LogP contribution < -0.4 is 10.0 Å². The van der Waals surface area contributed by atoms with Gasteiger partial charge >= 0.3 is 0 Å². The van der Waals surface area contributed by atoms with Crippen molar-refractivity contribution in [3.05, 3.63) is 76.9 Å². The fraction of sp³-hybridized carbons (Fsp3) is 0.250. The molecule has 0 spiro atoms. The topological polar surface area (TPSA) is 75.3 Å². The van der Waals surface area contributed by atoms with Crippen molar-refractivity contribution in [2.45, 2.75) is 26.4 Å². The van der Waals surface area contributed by atoms with Crippen molar-refractivity contribution in [2.75, 3.05) is 0 Å². The molecule has 2 aromatic rings. The van der Waals surface area contributed by atoms with E-state index >= 15 is 0 Å². The molecule has 2 N–H and O–H groups in total. The second-order valence-electron chi connectivity index (χ2n) is 6.44. The summed E-state index contributed by atoms with van der Waals surface area (Å²) in [6.45, 7) is 3.70. The molecule has 0 saturated carbocycles. The maximum atomic E-state index is 12.9. The molecule has 5 nitrogen and oxygen atoms in total. The third-order valence-electron chi connectivity index (χ3n) is 3.86. The fourth-order valence-electron chi connectivity index (χ4n) is 2.34. The molecule has 0 aromatic heterocycles. The highest BCUT2D eigenvalue weighted by Gasteiger charge is 2.26. The predicted octanol–water partition coefficient (Wildman–Crippen LogP) is 3.06. The Morgan fingerprint density at radius 1 is 1.07 bits per heavy atom. The van der Waals surface area contributed by atoms with Gasteiger partial charge in [-0.2, -0.15) is 4.72 Å². The molecule has 0 heterocycles. The first-order chi connectivity index (χ1) is 12.8. The molecule has 0 aliphatic carbocycles. The van der Waals surface area contributed by atoms with Gasteiger partial charge in [0.25, 0.3) is 0 Å². The molecule has 2 aromatic carbocycles. The summed E-state index contributed by atoms with van der Waals surface area (Å²) in [6.07, 6.45) is 1.47. The Balaban J connectivity index is 2.01. The lowest BCUT2D eigenvalue weighted by atomic mass is 10.0. The smallest absolute Gasteiger partial charge is 0.238 e. The summed E-state index contributed by atoms with van der Waals surface area (Å²) in [4.78, 5) is 12.4. The van der Waals surface area contributed by atoms with E-state index in [0.717, 1.165) is 16.5 Å². The molecule has 1 unspecified atom stereocenters. The highest BCUT2D eigenvalue weighted by Crippen LogP contribution is 2.08. The van der Waals surface area contributed by atoms with Crippen molar-refractivity contribution in [3.63, 3.8) is 0 Å². The van der Waals surface area contributed by atoms with E-state index < -0.39 is 22.0 Å². The van der Waals surface area contributed by atoms with Crippen LogP contribution in [0.1, 0.15) is 25.0 Å². The highest BCUT2D eigenvalue weighted by molar-refractivity contribution is 7.92. The number of rotatable bonds is 8. The van der Waals surface area contributed by atoms with Gasteiger partial charge in [-0.3, -0.25) is 4.79 Å². The molecule has 2 rings (SSSR count). The summed E-state index contributed by atoms with van der Waals surface area (Å²) in [5.74, 6) is -1.05. The Hall–Kier alpha value is -2.51. The van der Waals surface area contributed by atoms with E-state index in [4.69, 9.17) is 0 Å². The van der Waals surface area contributed by atoms with Crippen LogP contribution >= 0.6 is 0 Å². The number of sulfonamides is 1. The Morgan fingerprint density at radius 2 is 1.70 bits per heavy atom. The number of benzene rings is 2. The van der Waals surface area contributed by atoms with Crippen molar-refractivity contribution < 1.29 is 17.6 Å². The number of carbonyl (C=O) groups is 1. The zero-order valence-electron chi connectivity index (χ0n) is 15.2. The number of hydrogen-bond acceptors (Lipinski definition) is 3. The summed E-state index contributed by atoms with van der Waals surface area (Å²) in [6, 6.07) is 13.8. The van der Waals surface area contributed by atoms with Crippen LogP contribution in [0.3, 0.4) is 0 Å². The summed E-state index contributed by atoms with van der Waals surface area (Å²) in [7, 11) is -3.80. The van der Waals surface area contributed by atoms with Crippen molar-refractivity contribution in [1.29, 1.82) is 0 Å². The van der Waals surface area contributed by atoms with Crippen LogP contribution in [0.5, 0.6) is 0 Å². The van der Waals surface area contributed by atoms with Gasteiger partial charge in [-0.25, -0.2) is 12.8 Å². The van der Waals surface area contributed by atoms with E-state index in [9.17, 15) is 17.6 Å². The van der Waals surface area contributed by atoms with Gasteiger partial charge in [0, 0.05) is 12.0 Å². The molecule has 0 radical (unpaired) electrons. The zero-order chi connectivity index (χ0) is 19.9. The molecular weight excluding hydrogens is 367 g/mol. The maximum Gasteiger partial charge on any atom is 0.238 e.